The first-order valence-electron chi connectivity index (χ1n) is 7.24. The number of methoxy groups -OCH3 is 1. The number of benzene rings is 2. The molecule has 0 amide bonds. The number of aliphatic hydroxyl groups is 1. The normalized spacial score (nSPS) is 15.2. The summed E-state index contributed by atoms with van der Waals surface area (Å²) in [6.45, 7) is 1.99. The maximum Gasteiger partial charge on any atom is 0.119 e. The van der Waals surface area contributed by atoms with Gasteiger partial charge in [0.1, 0.15) is 11.4 Å². The number of hydrogen-bond acceptors (Lipinski definition) is 3. The molecule has 2 N–H and O–H groups in total. The standard InChI is InChI=1S/C18H23NO2/c1-4-18(20,15-11-8-12-16(13-15)21-3)17(19-2)14-9-6-5-7-10-14/h5-13,17,19-20H,4H2,1-3H3. The molecule has 3 nitrogen and oxygen atoms in total. The third-order valence-corrected chi connectivity index (χ3v) is 4.01. The van der Waals surface area contributed by atoms with Crippen LogP contribution in [0.1, 0.15) is 30.5 Å². The fraction of sp³-hybridized carbons (Fsp3) is 0.333. The van der Waals surface area contributed by atoms with E-state index in [9.17, 15) is 5.11 Å². The first-order chi connectivity index (χ1) is 10.2. The fourth-order valence-corrected chi connectivity index (χ4v) is 2.79. The van der Waals surface area contributed by atoms with Crippen molar-refractivity contribution < 1.29 is 9.84 Å². The Labute approximate surface area is 126 Å². The largest absolute Gasteiger partial charge is 0.497 e. The number of hydrogen-bond donors (Lipinski definition) is 2. The molecule has 0 aromatic heterocycles. The molecule has 0 bridgehead atoms. The molecule has 2 rings (SSSR count). The van der Waals surface area contributed by atoms with E-state index in [-0.39, 0.29) is 6.04 Å². The van der Waals surface area contributed by atoms with E-state index in [1.54, 1.807) is 7.11 Å². The van der Waals surface area contributed by atoms with Crippen molar-refractivity contribution in [2.45, 2.75) is 25.0 Å². The Morgan fingerprint density at radius 2 is 1.86 bits per heavy atom. The summed E-state index contributed by atoms with van der Waals surface area (Å²) in [5.74, 6) is 0.752. The van der Waals surface area contributed by atoms with Crippen LogP contribution in [-0.2, 0) is 5.60 Å². The first kappa shape index (κ1) is 15.5. The van der Waals surface area contributed by atoms with E-state index in [1.807, 2.05) is 68.6 Å². The number of nitrogens with one attached hydrogen (secondary N) is 1. The molecule has 0 spiro atoms. The fourth-order valence-electron chi connectivity index (χ4n) is 2.79. The van der Waals surface area contributed by atoms with E-state index in [1.165, 1.54) is 0 Å². The van der Waals surface area contributed by atoms with Gasteiger partial charge in [-0.05, 0) is 36.7 Å². The van der Waals surface area contributed by atoms with Gasteiger partial charge in [0.25, 0.3) is 0 Å². The highest BCUT2D eigenvalue weighted by Gasteiger charge is 2.37. The van der Waals surface area contributed by atoms with Gasteiger partial charge in [-0.2, -0.15) is 0 Å². The average Bonchev–Trinajstić information content (AvgIpc) is 2.56. The second kappa shape index (κ2) is 6.74. The van der Waals surface area contributed by atoms with Gasteiger partial charge in [0.15, 0.2) is 0 Å². The Morgan fingerprint density at radius 1 is 1.14 bits per heavy atom. The van der Waals surface area contributed by atoms with E-state index in [0.29, 0.717) is 6.42 Å². The summed E-state index contributed by atoms with van der Waals surface area (Å²) in [5.41, 5.74) is 0.921. The average molecular weight is 285 g/mol. The molecule has 2 unspecified atom stereocenters. The van der Waals surface area contributed by atoms with Crippen LogP contribution >= 0.6 is 0 Å². The van der Waals surface area contributed by atoms with E-state index in [0.717, 1.165) is 16.9 Å². The highest BCUT2D eigenvalue weighted by Crippen LogP contribution is 2.38. The topological polar surface area (TPSA) is 41.5 Å². The molecule has 21 heavy (non-hydrogen) atoms. The number of rotatable bonds is 6. The summed E-state index contributed by atoms with van der Waals surface area (Å²) in [4.78, 5) is 0. The lowest BCUT2D eigenvalue weighted by Crippen LogP contribution is -2.40. The lowest BCUT2D eigenvalue weighted by Gasteiger charge is -2.36. The Hall–Kier alpha value is -1.84. The molecule has 112 valence electrons. The van der Waals surface area contributed by atoms with Crippen molar-refractivity contribution in [2.75, 3.05) is 14.2 Å². The quantitative estimate of drug-likeness (QED) is 0.856. The molecular formula is C18H23NO2. The van der Waals surface area contributed by atoms with E-state index in [2.05, 4.69) is 5.32 Å². The van der Waals surface area contributed by atoms with Crippen molar-refractivity contribution in [3.8, 4) is 5.75 Å². The molecule has 0 fully saturated rings. The zero-order valence-electron chi connectivity index (χ0n) is 12.8. The monoisotopic (exact) mass is 285 g/mol. The van der Waals surface area contributed by atoms with Gasteiger partial charge < -0.3 is 15.2 Å². The summed E-state index contributed by atoms with van der Waals surface area (Å²) in [7, 11) is 3.51. The maximum atomic E-state index is 11.3. The van der Waals surface area contributed by atoms with Gasteiger partial charge in [0, 0.05) is 0 Å². The molecule has 2 aromatic carbocycles. The molecule has 0 saturated carbocycles. The van der Waals surface area contributed by atoms with Crippen molar-refractivity contribution in [3.63, 3.8) is 0 Å². The van der Waals surface area contributed by atoms with Gasteiger partial charge >= 0.3 is 0 Å². The first-order valence-corrected chi connectivity index (χ1v) is 7.24. The number of likely N-dealkylation sites (N-methyl/N-ethyl adjacent to an activating group) is 1. The molecule has 3 heteroatoms. The van der Waals surface area contributed by atoms with Gasteiger partial charge in [-0.25, -0.2) is 0 Å². The van der Waals surface area contributed by atoms with Crippen LogP contribution in [0.25, 0.3) is 0 Å². The Kier molecular flexibility index (Phi) is 4.99. The van der Waals surface area contributed by atoms with E-state index in [4.69, 9.17) is 4.74 Å². The Bertz CT molecular complexity index is 570. The molecule has 0 aliphatic heterocycles. The summed E-state index contributed by atoms with van der Waals surface area (Å²) >= 11 is 0. The summed E-state index contributed by atoms with van der Waals surface area (Å²) < 4.78 is 5.28. The summed E-state index contributed by atoms with van der Waals surface area (Å²) in [6, 6.07) is 17.5. The van der Waals surface area contributed by atoms with Gasteiger partial charge in [0.05, 0.1) is 13.2 Å². The minimum atomic E-state index is -0.995. The lowest BCUT2D eigenvalue weighted by molar-refractivity contribution is -0.00629. The highest BCUT2D eigenvalue weighted by molar-refractivity contribution is 5.36. The van der Waals surface area contributed by atoms with E-state index >= 15 is 0 Å². The second-order valence-electron chi connectivity index (χ2n) is 5.14. The smallest absolute Gasteiger partial charge is 0.119 e. The third-order valence-electron chi connectivity index (χ3n) is 4.01. The maximum absolute atomic E-state index is 11.3. The van der Waals surface area contributed by atoms with Crippen molar-refractivity contribution in [3.05, 3.63) is 65.7 Å². The molecule has 0 aliphatic rings. The predicted octanol–water partition coefficient (Wildman–Crippen LogP) is 3.25. The molecule has 0 heterocycles. The van der Waals surface area contributed by atoms with Crippen LogP contribution in [0.5, 0.6) is 5.75 Å². The van der Waals surface area contributed by atoms with Crippen LogP contribution in [0.4, 0.5) is 0 Å². The van der Waals surface area contributed by atoms with Crippen molar-refractivity contribution >= 4 is 0 Å². The molecule has 0 radical (unpaired) electrons. The zero-order valence-corrected chi connectivity index (χ0v) is 12.8. The Balaban J connectivity index is 2.47. The van der Waals surface area contributed by atoms with Crippen LogP contribution in [-0.4, -0.2) is 19.3 Å². The second-order valence-corrected chi connectivity index (χ2v) is 5.14. The molecule has 2 atom stereocenters. The SMILES string of the molecule is CCC(O)(c1cccc(OC)c1)C(NC)c1ccccc1. The summed E-state index contributed by atoms with van der Waals surface area (Å²) in [5, 5.41) is 14.6. The van der Waals surface area contributed by atoms with Gasteiger partial charge in [0.2, 0.25) is 0 Å². The van der Waals surface area contributed by atoms with Crippen LogP contribution in [0.15, 0.2) is 54.6 Å². The minimum absolute atomic E-state index is 0.184. The minimum Gasteiger partial charge on any atom is -0.497 e. The molecular weight excluding hydrogens is 262 g/mol. The van der Waals surface area contributed by atoms with Gasteiger partial charge in [-0.3, -0.25) is 0 Å². The molecule has 2 aromatic rings. The predicted molar refractivity (Wildman–Crippen MR) is 85.4 cm³/mol. The molecule has 0 aliphatic carbocycles. The van der Waals surface area contributed by atoms with E-state index < -0.39 is 5.60 Å². The molecule has 0 saturated heterocycles. The Morgan fingerprint density at radius 3 is 2.43 bits per heavy atom. The van der Waals surface area contributed by atoms with Crippen molar-refractivity contribution in [2.24, 2.45) is 0 Å². The van der Waals surface area contributed by atoms with Crippen LogP contribution in [0.3, 0.4) is 0 Å². The van der Waals surface area contributed by atoms with Gasteiger partial charge in [-0.15, -0.1) is 0 Å². The summed E-state index contributed by atoms with van der Waals surface area (Å²) in [6.07, 6.45) is 0.598. The highest BCUT2D eigenvalue weighted by atomic mass is 16.5. The van der Waals surface area contributed by atoms with Crippen LogP contribution < -0.4 is 10.1 Å². The number of ether oxygens (including phenoxy) is 1. The van der Waals surface area contributed by atoms with Crippen LogP contribution in [0, 0.1) is 0 Å². The third kappa shape index (κ3) is 3.09. The zero-order chi connectivity index (χ0) is 15.3. The van der Waals surface area contributed by atoms with Crippen molar-refractivity contribution in [1.29, 1.82) is 0 Å². The lowest BCUT2D eigenvalue weighted by atomic mass is 9.80. The van der Waals surface area contributed by atoms with Gasteiger partial charge in [-0.1, -0.05) is 49.4 Å². The van der Waals surface area contributed by atoms with Crippen LogP contribution in [0.2, 0.25) is 0 Å². The van der Waals surface area contributed by atoms with Crippen molar-refractivity contribution in [1.82, 2.24) is 5.32 Å².